The van der Waals surface area contributed by atoms with Gasteiger partial charge in [0.25, 0.3) is 0 Å². The molecule has 0 amide bonds. The molecule has 0 aliphatic rings. The molecule has 0 spiro atoms. The minimum atomic E-state index is -0.145. The lowest BCUT2D eigenvalue weighted by Gasteiger charge is -2.23. The number of halogens is 1. The Hall–Kier alpha value is -1.03. The lowest BCUT2D eigenvalue weighted by molar-refractivity contribution is 0.180. The van der Waals surface area contributed by atoms with Gasteiger partial charge in [-0.3, -0.25) is 0 Å². The number of thiophene rings is 1. The van der Waals surface area contributed by atoms with Crippen LogP contribution in [0.15, 0.2) is 35.0 Å². The second-order valence-electron chi connectivity index (χ2n) is 4.36. The summed E-state index contributed by atoms with van der Waals surface area (Å²) in [5.74, 6) is 0.788. The Morgan fingerprint density at radius 3 is 2.72 bits per heavy atom. The van der Waals surface area contributed by atoms with Crippen LogP contribution in [0.4, 0.5) is 0 Å². The Kier molecular flexibility index (Phi) is 4.27. The van der Waals surface area contributed by atoms with Crippen LogP contribution < -0.4 is 10.5 Å². The highest BCUT2D eigenvalue weighted by Crippen LogP contribution is 2.30. The second kappa shape index (κ2) is 5.74. The SMILES string of the molecule is Cc1ccc(Cl)cc1OC(c1ccsc1)C(C)N. The minimum absolute atomic E-state index is 0.0852. The van der Waals surface area contributed by atoms with Crippen LogP contribution in [-0.2, 0) is 0 Å². The predicted molar refractivity (Wildman–Crippen MR) is 77.5 cm³/mol. The fourth-order valence-corrected chi connectivity index (χ4v) is 2.60. The van der Waals surface area contributed by atoms with Crippen molar-refractivity contribution in [2.24, 2.45) is 5.73 Å². The van der Waals surface area contributed by atoms with Crippen LogP contribution in [0.1, 0.15) is 24.2 Å². The molecular formula is C14H16ClNOS. The summed E-state index contributed by atoms with van der Waals surface area (Å²) in [5, 5.41) is 4.76. The molecule has 0 radical (unpaired) electrons. The third kappa shape index (κ3) is 3.05. The maximum absolute atomic E-state index is 6.03. The first-order valence-corrected chi connectivity index (χ1v) is 7.10. The lowest BCUT2D eigenvalue weighted by atomic mass is 10.1. The van der Waals surface area contributed by atoms with E-state index in [2.05, 4.69) is 5.38 Å². The second-order valence-corrected chi connectivity index (χ2v) is 5.58. The highest BCUT2D eigenvalue weighted by atomic mass is 35.5. The number of hydrogen-bond donors (Lipinski definition) is 1. The molecule has 2 atom stereocenters. The molecule has 2 unspecified atom stereocenters. The van der Waals surface area contributed by atoms with Gasteiger partial charge in [0.15, 0.2) is 0 Å². The van der Waals surface area contributed by atoms with Gasteiger partial charge < -0.3 is 10.5 Å². The summed E-state index contributed by atoms with van der Waals surface area (Å²) in [6, 6.07) is 7.59. The molecule has 0 fully saturated rings. The van der Waals surface area contributed by atoms with Crippen molar-refractivity contribution in [3.8, 4) is 5.75 Å². The molecule has 0 bridgehead atoms. The van der Waals surface area contributed by atoms with E-state index in [0.29, 0.717) is 5.02 Å². The molecule has 0 saturated heterocycles. The summed E-state index contributed by atoms with van der Waals surface area (Å²) in [6.45, 7) is 3.94. The van der Waals surface area contributed by atoms with E-state index in [-0.39, 0.29) is 12.1 Å². The largest absolute Gasteiger partial charge is 0.484 e. The van der Waals surface area contributed by atoms with E-state index in [0.717, 1.165) is 16.9 Å². The number of rotatable bonds is 4. The van der Waals surface area contributed by atoms with E-state index in [4.69, 9.17) is 22.1 Å². The van der Waals surface area contributed by atoms with Crippen molar-refractivity contribution in [3.05, 3.63) is 51.2 Å². The number of benzene rings is 1. The van der Waals surface area contributed by atoms with Crippen LogP contribution in [0.5, 0.6) is 5.75 Å². The van der Waals surface area contributed by atoms with E-state index < -0.39 is 0 Å². The van der Waals surface area contributed by atoms with Gasteiger partial charge in [0, 0.05) is 16.6 Å². The molecule has 18 heavy (non-hydrogen) atoms. The van der Waals surface area contributed by atoms with Gasteiger partial charge in [0.1, 0.15) is 11.9 Å². The van der Waals surface area contributed by atoms with Crippen molar-refractivity contribution in [2.45, 2.75) is 26.0 Å². The van der Waals surface area contributed by atoms with Crippen LogP contribution in [0.3, 0.4) is 0 Å². The Balaban J connectivity index is 2.27. The standard InChI is InChI=1S/C14H16ClNOS/c1-9-3-4-12(15)7-13(9)17-14(10(2)16)11-5-6-18-8-11/h3-8,10,14H,16H2,1-2H3. The normalized spacial score (nSPS) is 14.2. The topological polar surface area (TPSA) is 35.2 Å². The van der Waals surface area contributed by atoms with E-state index in [1.54, 1.807) is 11.3 Å². The third-order valence-electron chi connectivity index (χ3n) is 2.75. The maximum Gasteiger partial charge on any atom is 0.139 e. The van der Waals surface area contributed by atoms with Crippen LogP contribution in [-0.4, -0.2) is 6.04 Å². The first-order valence-electron chi connectivity index (χ1n) is 5.78. The van der Waals surface area contributed by atoms with Crippen molar-refractivity contribution in [3.63, 3.8) is 0 Å². The molecule has 2 N–H and O–H groups in total. The molecule has 0 aliphatic carbocycles. The van der Waals surface area contributed by atoms with Crippen LogP contribution in [0.2, 0.25) is 5.02 Å². The van der Waals surface area contributed by atoms with E-state index in [1.807, 2.05) is 43.5 Å². The smallest absolute Gasteiger partial charge is 0.139 e. The molecule has 1 heterocycles. The molecule has 2 nitrogen and oxygen atoms in total. The third-order valence-corrected chi connectivity index (χ3v) is 3.69. The zero-order chi connectivity index (χ0) is 13.1. The molecule has 0 saturated carbocycles. The molecule has 1 aromatic carbocycles. The average Bonchev–Trinajstić information content (AvgIpc) is 2.83. The van der Waals surface area contributed by atoms with Crippen molar-refractivity contribution in [1.82, 2.24) is 0 Å². The number of aryl methyl sites for hydroxylation is 1. The highest BCUT2D eigenvalue weighted by Gasteiger charge is 2.19. The van der Waals surface area contributed by atoms with Gasteiger partial charge in [0.05, 0.1) is 0 Å². The molecule has 4 heteroatoms. The van der Waals surface area contributed by atoms with Gasteiger partial charge in [-0.2, -0.15) is 11.3 Å². The van der Waals surface area contributed by atoms with Gasteiger partial charge in [0.2, 0.25) is 0 Å². The number of ether oxygens (including phenoxy) is 1. The zero-order valence-electron chi connectivity index (χ0n) is 10.4. The minimum Gasteiger partial charge on any atom is -0.484 e. The summed E-state index contributed by atoms with van der Waals surface area (Å²) in [7, 11) is 0. The summed E-state index contributed by atoms with van der Waals surface area (Å²) < 4.78 is 6.03. The zero-order valence-corrected chi connectivity index (χ0v) is 12.0. The fourth-order valence-electron chi connectivity index (χ4n) is 1.75. The summed E-state index contributed by atoms with van der Waals surface area (Å²) in [4.78, 5) is 0. The van der Waals surface area contributed by atoms with Crippen LogP contribution in [0.25, 0.3) is 0 Å². The Labute approximate surface area is 116 Å². The van der Waals surface area contributed by atoms with Crippen molar-refractivity contribution >= 4 is 22.9 Å². The van der Waals surface area contributed by atoms with E-state index in [1.165, 1.54) is 0 Å². The van der Waals surface area contributed by atoms with Crippen LogP contribution in [0, 0.1) is 6.92 Å². The van der Waals surface area contributed by atoms with Crippen molar-refractivity contribution in [1.29, 1.82) is 0 Å². The van der Waals surface area contributed by atoms with Crippen molar-refractivity contribution in [2.75, 3.05) is 0 Å². The molecule has 2 rings (SSSR count). The fraction of sp³-hybridized carbons (Fsp3) is 0.286. The van der Waals surface area contributed by atoms with Gasteiger partial charge >= 0.3 is 0 Å². The predicted octanol–water partition coefficient (Wildman–Crippen LogP) is 4.18. The monoisotopic (exact) mass is 281 g/mol. The van der Waals surface area contributed by atoms with Gasteiger partial charge in [-0.15, -0.1) is 0 Å². The number of nitrogens with two attached hydrogens (primary N) is 1. The summed E-state index contributed by atoms with van der Waals surface area (Å²) in [6.07, 6.45) is -0.145. The Morgan fingerprint density at radius 2 is 2.11 bits per heavy atom. The molecule has 96 valence electrons. The van der Waals surface area contributed by atoms with Gasteiger partial charge in [-0.05, 0) is 48.4 Å². The quantitative estimate of drug-likeness (QED) is 0.912. The highest BCUT2D eigenvalue weighted by molar-refractivity contribution is 7.07. The Morgan fingerprint density at radius 1 is 1.33 bits per heavy atom. The number of hydrogen-bond acceptors (Lipinski definition) is 3. The van der Waals surface area contributed by atoms with Crippen molar-refractivity contribution < 1.29 is 4.74 Å². The first-order chi connectivity index (χ1) is 8.58. The Bertz CT molecular complexity index is 511. The van der Waals surface area contributed by atoms with Gasteiger partial charge in [-0.25, -0.2) is 0 Å². The van der Waals surface area contributed by atoms with Crippen LogP contribution >= 0.6 is 22.9 Å². The molecule has 0 aliphatic heterocycles. The van der Waals surface area contributed by atoms with E-state index >= 15 is 0 Å². The molecule has 1 aromatic heterocycles. The molecule has 2 aromatic rings. The maximum atomic E-state index is 6.03. The average molecular weight is 282 g/mol. The van der Waals surface area contributed by atoms with E-state index in [9.17, 15) is 0 Å². The lowest BCUT2D eigenvalue weighted by Crippen LogP contribution is -2.28. The summed E-state index contributed by atoms with van der Waals surface area (Å²) >= 11 is 7.64. The van der Waals surface area contributed by atoms with Gasteiger partial charge in [-0.1, -0.05) is 17.7 Å². The molecular weight excluding hydrogens is 266 g/mol. The summed E-state index contributed by atoms with van der Waals surface area (Å²) in [5.41, 5.74) is 8.17. The first kappa shape index (κ1) is 13.4.